The van der Waals surface area contributed by atoms with Crippen molar-refractivity contribution in [1.29, 1.82) is 0 Å². The minimum atomic E-state index is 0.168. The van der Waals surface area contributed by atoms with Gasteiger partial charge < -0.3 is 15.7 Å². The van der Waals surface area contributed by atoms with E-state index in [4.69, 9.17) is 5.73 Å². The molecule has 3 N–H and O–H groups in total. The maximum Gasteiger partial charge on any atom is 0.0606 e. The minimum absolute atomic E-state index is 0.168. The SMILES string of the molecule is CCC(CC)N(CCO)c1ccc(CN)cc1Br. The fourth-order valence-electron chi connectivity index (χ4n) is 2.25. The molecule has 0 amide bonds. The zero-order valence-electron chi connectivity index (χ0n) is 11.2. The molecule has 0 heterocycles. The largest absolute Gasteiger partial charge is 0.395 e. The molecule has 0 aliphatic rings. The van der Waals surface area contributed by atoms with Crippen molar-refractivity contribution in [3.8, 4) is 0 Å². The highest BCUT2D eigenvalue weighted by molar-refractivity contribution is 9.10. The average Bonchev–Trinajstić information content (AvgIpc) is 2.39. The van der Waals surface area contributed by atoms with Crippen molar-refractivity contribution in [3.05, 3.63) is 28.2 Å². The smallest absolute Gasteiger partial charge is 0.0606 e. The zero-order valence-corrected chi connectivity index (χ0v) is 12.8. The topological polar surface area (TPSA) is 49.5 Å². The summed E-state index contributed by atoms with van der Waals surface area (Å²) < 4.78 is 1.05. The summed E-state index contributed by atoms with van der Waals surface area (Å²) in [6, 6.07) is 6.65. The van der Waals surface area contributed by atoms with Crippen LogP contribution in [0.2, 0.25) is 0 Å². The summed E-state index contributed by atoms with van der Waals surface area (Å²) >= 11 is 3.61. The molecule has 0 fully saturated rings. The van der Waals surface area contributed by atoms with E-state index in [9.17, 15) is 5.11 Å². The van der Waals surface area contributed by atoms with Gasteiger partial charge in [-0.15, -0.1) is 0 Å². The second-order valence-electron chi connectivity index (χ2n) is 4.38. The van der Waals surface area contributed by atoms with Gasteiger partial charge in [0.2, 0.25) is 0 Å². The van der Waals surface area contributed by atoms with Crippen LogP contribution in [-0.2, 0) is 6.54 Å². The number of benzene rings is 1. The van der Waals surface area contributed by atoms with E-state index in [1.807, 2.05) is 6.07 Å². The lowest BCUT2D eigenvalue weighted by Gasteiger charge is -2.33. The first kappa shape index (κ1) is 15.5. The summed E-state index contributed by atoms with van der Waals surface area (Å²) in [7, 11) is 0. The van der Waals surface area contributed by atoms with E-state index >= 15 is 0 Å². The molecule has 1 aromatic rings. The van der Waals surface area contributed by atoms with Crippen LogP contribution < -0.4 is 10.6 Å². The molecular weight excluding hydrogens is 292 g/mol. The van der Waals surface area contributed by atoms with Crippen LogP contribution in [0.4, 0.5) is 5.69 Å². The van der Waals surface area contributed by atoms with Gasteiger partial charge >= 0.3 is 0 Å². The van der Waals surface area contributed by atoms with E-state index in [2.05, 4.69) is 46.8 Å². The molecular formula is C14H23BrN2O. The lowest BCUT2D eigenvalue weighted by Crippen LogP contribution is -2.37. The van der Waals surface area contributed by atoms with Crippen LogP contribution >= 0.6 is 15.9 Å². The van der Waals surface area contributed by atoms with Gasteiger partial charge in [0.15, 0.2) is 0 Å². The number of hydrogen-bond acceptors (Lipinski definition) is 3. The van der Waals surface area contributed by atoms with E-state index in [-0.39, 0.29) is 6.61 Å². The van der Waals surface area contributed by atoms with E-state index in [0.29, 0.717) is 19.1 Å². The summed E-state index contributed by atoms with van der Waals surface area (Å²) in [4.78, 5) is 2.27. The van der Waals surface area contributed by atoms with Gasteiger partial charge in [-0.3, -0.25) is 0 Å². The van der Waals surface area contributed by atoms with Gasteiger partial charge in [0.05, 0.1) is 12.3 Å². The first-order valence-corrected chi connectivity index (χ1v) is 7.33. The maximum atomic E-state index is 9.25. The molecule has 0 saturated carbocycles. The molecule has 0 aromatic heterocycles. The molecule has 0 unspecified atom stereocenters. The fourth-order valence-corrected chi connectivity index (χ4v) is 2.90. The summed E-state index contributed by atoms with van der Waals surface area (Å²) in [5.74, 6) is 0. The molecule has 0 aliphatic carbocycles. The van der Waals surface area contributed by atoms with E-state index in [0.717, 1.165) is 28.6 Å². The number of aliphatic hydroxyl groups excluding tert-OH is 1. The molecule has 0 aliphatic heterocycles. The van der Waals surface area contributed by atoms with Crippen LogP contribution in [0.5, 0.6) is 0 Å². The monoisotopic (exact) mass is 314 g/mol. The molecule has 1 aromatic carbocycles. The van der Waals surface area contributed by atoms with Gasteiger partial charge in [-0.2, -0.15) is 0 Å². The normalized spacial score (nSPS) is 11.0. The summed E-state index contributed by atoms with van der Waals surface area (Å²) in [5, 5.41) is 9.25. The van der Waals surface area contributed by atoms with Gasteiger partial charge in [-0.1, -0.05) is 19.9 Å². The number of nitrogens with two attached hydrogens (primary N) is 1. The van der Waals surface area contributed by atoms with Crippen molar-refractivity contribution in [2.24, 2.45) is 5.73 Å². The van der Waals surface area contributed by atoms with Crippen LogP contribution in [0.3, 0.4) is 0 Å². The predicted molar refractivity (Wildman–Crippen MR) is 80.8 cm³/mol. The van der Waals surface area contributed by atoms with E-state index in [1.165, 1.54) is 0 Å². The Bertz CT molecular complexity index is 367. The Balaban J connectivity index is 3.04. The summed E-state index contributed by atoms with van der Waals surface area (Å²) in [6.45, 7) is 5.74. The standard InChI is InChI=1S/C14H23BrN2O/c1-3-12(4-2)17(7-8-18)14-6-5-11(10-16)9-13(14)15/h5-6,9,12,18H,3-4,7-8,10,16H2,1-2H3. The van der Waals surface area contributed by atoms with Gasteiger partial charge in [0, 0.05) is 23.6 Å². The van der Waals surface area contributed by atoms with Gasteiger partial charge in [-0.05, 0) is 46.5 Å². The number of rotatable bonds is 7. The Hall–Kier alpha value is -0.580. The highest BCUT2D eigenvalue weighted by Gasteiger charge is 2.17. The fraction of sp³-hybridized carbons (Fsp3) is 0.571. The number of hydrogen-bond donors (Lipinski definition) is 2. The third kappa shape index (κ3) is 3.70. The predicted octanol–water partition coefficient (Wildman–Crippen LogP) is 2.90. The zero-order chi connectivity index (χ0) is 13.5. The van der Waals surface area contributed by atoms with Crippen molar-refractivity contribution >= 4 is 21.6 Å². The van der Waals surface area contributed by atoms with E-state index in [1.54, 1.807) is 0 Å². The molecule has 1 rings (SSSR count). The molecule has 4 heteroatoms. The minimum Gasteiger partial charge on any atom is -0.395 e. The summed E-state index contributed by atoms with van der Waals surface area (Å²) in [6.07, 6.45) is 2.14. The van der Waals surface area contributed by atoms with Crippen LogP contribution in [0.1, 0.15) is 32.3 Å². The van der Waals surface area contributed by atoms with Crippen molar-refractivity contribution in [3.63, 3.8) is 0 Å². The lowest BCUT2D eigenvalue weighted by molar-refractivity contribution is 0.296. The average molecular weight is 315 g/mol. The molecule has 0 bridgehead atoms. The first-order chi connectivity index (χ1) is 8.67. The molecule has 102 valence electrons. The van der Waals surface area contributed by atoms with Gasteiger partial charge in [-0.25, -0.2) is 0 Å². The molecule has 0 spiro atoms. The third-order valence-corrected chi connectivity index (χ3v) is 3.92. The third-order valence-electron chi connectivity index (χ3n) is 3.28. The molecule has 0 atom stereocenters. The van der Waals surface area contributed by atoms with E-state index < -0.39 is 0 Å². The molecule has 0 saturated heterocycles. The van der Waals surface area contributed by atoms with Gasteiger partial charge in [0.1, 0.15) is 0 Å². The Morgan fingerprint density at radius 1 is 1.33 bits per heavy atom. The van der Waals surface area contributed by atoms with Crippen molar-refractivity contribution < 1.29 is 5.11 Å². The number of nitrogens with zero attached hydrogens (tertiary/aromatic N) is 1. The van der Waals surface area contributed by atoms with Crippen LogP contribution in [0.25, 0.3) is 0 Å². The number of halogens is 1. The Morgan fingerprint density at radius 2 is 2.00 bits per heavy atom. The second kappa shape index (κ2) is 7.77. The summed E-state index contributed by atoms with van der Waals surface area (Å²) in [5.41, 5.74) is 7.89. The van der Waals surface area contributed by atoms with Gasteiger partial charge in [0.25, 0.3) is 0 Å². The van der Waals surface area contributed by atoms with Crippen LogP contribution in [0, 0.1) is 0 Å². The maximum absolute atomic E-state index is 9.25. The van der Waals surface area contributed by atoms with Crippen LogP contribution in [-0.4, -0.2) is 24.3 Å². The van der Waals surface area contributed by atoms with Crippen molar-refractivity contribution in [1.82, 2.24) is 0 Å². The first-order valence-electron chi connectivity index (χ1n) is 6.53. The van der Waals surface area contributed by atoms with Crippen LogP contribution in [0.15, 0.2) is 22.7 Å². The lowest BCUT2D eigenvalue weighted by atomic mass is 10.1. The molecule has 18 heavy (non-hydrogen) atoms. The van der Waals surface area contributed by atoms with Crippen molar-refractivity contribution in [2.45, 2.75) is 39.3 Å². The highest BCUT2D eigenvalue weighted by Crippen LogP contribution is 2.30. The second-order valence-corrected chi connectivity index (χ2v) is 5.23. The molecule has 0 radical (unpaired) electrons. The number of aliphatic hydroxyl groups is 1. The number of anilines is 1. The quantitative estimate of drug-likeness (QED) is 0.813. The Morgan fingerprint density at radius 3 is 2.44 bits per heavy atom. The molecule has 3 nitrogen and oxygen atoms in total. The van der Waals surface area contributed by atoms with Crippen molar-refractivity contribution in [2.75, 3.05) is 18.1 Å². The Kier molecular flexibility index (Phi) is 6.68. The Labute approximate surface area is 118 Å². The highest BCUT2D eigenvalue weighted by atomic mass is 79.9.